The number of amides is 1. The number of rotatable bonds is 9. The normalized spacial score (nSPS) is 23.1. The minimum Gasteiger partial charge on any atom is -0.468 e. The van der Waals surface area contributed by atoms with Crippen LogP contribution in [0.2, 0.25) is 25.7 Å². The van der Waals surface area contributed by atoms with Crippen molar-refractivity contribution in [3.8, 4) is 0 Å². The summed E-state index contributed by atoms with van der Waals surface area (Å²) in [5.41, 5.74) is -1.47. The van der Waals surface area contributed by atoms with Gasteiger partial charge in [0.15, 0.2) is 5.17 Å². The predicted octanol–water partition coefficient (Wildman–Crippen LogP) is 8.25. The Morgan fingerprint density at radius 1 is 1.22 bits per heavy atom. The van der Waals surface area contributed by atoms with Gasteiger partial charge >= 0.3 is 12.1 Å². The molecule has 2 heterocycles. The second kappa shape index (κ2) is 13.2. The van der Waals surface area contributed by atoms with Crippen molar-refractivity contribution in [1.82, 2.24) is 9.88 Å². The Morgan fingerprint density at radius 3 is 2.53 bits per heavy atom. The van der Waals surface area contributed by atoms with E-state index in [1.165, 1.54) is 48.5 Å². The van der Waals surface area contributed by atoms with Gasteiger partial charge in [-0.3, -0.25) is 14.8 Å². The Kier molecular flexibility index (Phi) is 10.4. The van der Waals surface area contributed by atoms with Gasteiger partial charge in [0, 0.05) is 36.8 Å². The maximum absolute atomic E-state index is 15.7. The Labute approximate surface area is 277 Å². The number of carbonyl (C=O) groups excluding carboxylic acids is 2. The third kappa shape index (κ3) is 8.22. The molecule has 1 aliphatic heterocycles. The van der Waals surface area contributed by atoms with Crippen molar-refractivity contribution in [2.24, 2.45) is 10.9 Å². The van der Waals surface area contributed by atoms with Gasteiger partial charge in [0.1, 0.15) is 28.7 Å². The molecule has 0 saturated heterocycles. The van der Waals surface area contributed by atoms with E-state index in [0.29, 0.717) is 23.1 Å². The van der Waals surface area contributed by atoms with Crippen molar-refractivity contribution in [2.75, 3.05) is 20.4 Å². The summed E-state index contributed by atoms with van der Waals surface area (Å²) in [4.78, 5) is 37.1. The summed E-state index contributed by atoms with van der Waals surface area (Å²) in [6.07, 6.45) is 2.39. The maximum Gasteiger partial charge on any atom is 0.418 e. The van der Waals surface area contributed by atoms with E-state index in [1.807, 2.05) is 0 Å². The van der Waals surface area contributed by atoms with Crippen molar-refractivity contribution in [3.63, 3.8) is 0 Å². The van der Waals surface area contributed by atoms with Crippen LogP contribution in [0, 0.1) is 11.7 Å². The van der Waals surface area contributed by atoms with E-state index in [2.05, 4.69) is 40.6 Å². The summed E-state index contributed by atoms with van der Waals surface area (Å²) < 4.78 is 47.3. The van der Waals surface area contributed by atoms with E-state index in [-0.39, 0.29) is 23.2 Å². The van der Waals surface area contributed by atoms with Crippen molar-refractivity contribution in [1.29, 1.82) is 0 Å². The van der Waals surface area contributed by atoms with Gasteiger partial charge in [0.25, 0.3) is 0 Å². The van der Waals surface area contributed by atoms with Gasteiger partial charge in [-0.2, -0.15) is 0 Å². The summed E-state index contributed by atoms with van der Waals surface area (Å²) >= 11 is 4.39. The van der Waals surface area contributed by atoms with Crippen LogP contribution in [0.3, 0.4) is 0 Å². The lowest BCUT2D eigenvalue weighted by Gasteiger charge is -2.37. The van der Waals surface area contributed by atoms with E-state index in [4.69, 9.17) is 19.2 Å². The maximum atomic E-state index is 15.7. The number of benzene rings is 1. The van der Waals surface area contributed by atoms with Crippen LogP contribution in [0.4, 0.5) is 13.6 Å². The summed E-state index contributed by atoms with van der Waals surface area (Å²) in [6, 6.07) is 8.31. The molecule has 1 aliphatic carbocycles. The van der Waals surface area contributed by atoms with Crippen molar-refractivity contribution in [2.45, 2.75) is 75.7 Å². The first-order chi connectivity index (χ1) is 20.9. The molecule has 244 valence electrons. The molecule has 45 heavy (non-hydrogen) atoms. The van der Waals surface area contributed by atoms with Crippen molar-refractivity contribution >= 4 is 64.9 Å². The molecule has 13 heteroatoms. The minimum absolute atomic E-state index is 0.124. The zero-order chi connectivity index (χ0) is 33.4. The van der Waals surface area contributed by atoms with Gasteiger partial charge in [-0.05, 0) is 92.0 Å². The van der Waals surface area contributed by atoms with Crippen LogP contribution in [0.1, 0.15) is 50.9 Å². The van der Waals surface area contributed by atoms with Gasteiger partial charge < -0.3 is 14.2 Å². The standard InChI is InChI=1S/C32H40BrF2N3O5SSi/c1-30(2,3)43-29(40)38(19-42-13-14-45(6,7)8)28-37-31(4,26-17-32(26,44-28)27(39)41-5)22-15-20(9-11-23(22)34)16-24(35)25-12-10-21(33)18-36-25/h9-12,15-16,18,26H,13-14,17,19H2,1-8H3/b24-16-/t26-,31+,32-/m0/s1. The number of halogens is 3. The van der Waals surface area contributed by atoms with Gasteiger partial charge in [-0.25, -0.2) is 18.5 Å². The highest BCUT2D eigenvalue weighted by molar-refractivity contribution is 9.10. The Bertz CT molecular complexity index is 1510. The van der Waals surface area contributed by atoms with Crippen LogP contribution in [0.15, 0.2) is 46.0 Å². The predicted molar refractivity (Wildman–Crippen MR) is 180 cm³/mol. The molecule has 1 amide bonds. The highest BCUT2D eigenvalue weighted by Crippen LogP contribution is 2.67. The van der Waals surface area contributed by atoms with Crippen LogP contribution >= 0.6 is 27.7 Å². The minimum atomic E-state index is -1.42. The second-order valence-corrected chi connectivity index (χ2v) is 21.5. The number of pyridine rings is 1. The lowest BCUT2D eigenvalue weighted by atomic mass is 9.84. The second-order valence-electron chi connectivity index (χ2n) is 13.6. The number of ether oxygens (including phenoxy) is 3. The first-order valence-corrected chi connectivity index (χ1v) is 19.9. The fraction of sp³-hybridized carbons (Fsp3) is 0.500. The molecule has 1 saturated carbocycles. The topological polar surface area (TPSA) is 90.3 Å². The smallest absolute Gasteiger partial charge is 0.418 e. The molecule has 1 fully saturated rings. The number of methoxy groups -OCH3 is 1. The summed E-state index contributed by atoms with van der Waals surface area (Å²) in [7, 11) is -0.123. The number of hydrogen-bond donors (Lipinski definition) is 0. The molecule has 1 aromatic heterocycles. The number of hydrogen-bond acceptors (Lipinski definition) is 8. The molecule has 1 aromatic carbocycles. The molecule has 0 N–H and O–H groups in total. The van der Waals surface area contributed by atoms with Crippen LogP contribution < -0.4 is 0 Å². The number of esters is 1. The molecule has 2 aromatic rings. The highest BCUT2D eigenvalue weighted by Gasteiger charge is 2.72. The molecule has 0 radical (unpaired) electrons. The van der Waals surface area contributed by atoms with Gasteiger partial charge in [-0.15, -0.1) is 0 Å². The van der Waals surface area contributed by atoms with E-state index < -0.39 is 53.6 Å². The fourth-order valence-corrected chi connectivity index (χ4v) is 7.65. The number of amidine groups is 1. The monoisotopic (exact) mass is 723 g/mol. The van der Waals surface area contributed by atoms with Gasteiger partial charge in [0.05, 0.1) is 18.3 Å². The first kappa shape index (κ1) is 35.2. The molecule has 4 rings (SSSR count). The molecule has 8 nitrogen and oxygen atoms in total. The number of fused-ring (bicyclic) bond motifs is 1. The molecule has 2 aliphatic rings. The highest BCUT2D eigenvalue weighted by atomic mass is 79.9. The molecular formula is C32H40BrF2N3O5SSi. The Morgan fingerprint density at radius 2 is 1.93 bits per heavy atom. The van der Waals surface area contributed by atoms with Crippen LogP contribution in [-0.2, 0) is 24.5 Å². The molecule has 0 unspecified atom stereocenters. The molecule has 0 spiro atoms. The lowest BCUT2D eigenvalue weighted by molar-refractivity contribution is -0.141. The number of nitrogens with zero attached hydrogens (tertiary/aromatic N) is 3. The summed E-state index contributed by atoms with van der Waals surface area (Å²) in [5.74, 6) is -2.13. The molecular weight excluding hydrogens is 684 g/mol. The number of aliphatic imine (C=N–C) groups is 1. The third-order valence-electron chi connectivity index (χ3n) is 7.58. The van der Waals surface area contributed by atoms with Gasteiger partial charge in [0.2, 0.25) is 0 Å². The molecule has 0 bridgehead atoms. The fourth-order valence-electron chi connectivity index (χ4n) is 5.07. The quantitative estimate of drug-likeness (QED) is 0.111. The lowest BCUT2D eigenvalue weighted by Crippen LogP contribution is -2.47. The van der Waals surface area contributed by atoms with Gasteiger partial charge in [-0.1, -0.05) is 37.5 Å². The van der Waals surface area contributed by atoms with Crippen LogP contribution in [0.5, 0.6) is 0 Å². The largest absolute Gasteiger partial charge is 0.468 e. The average Bonchev–Trinajstić information content (AvgIpc) is 3.69. The average molecular weight is 725 g/mol. The third-order valence-corrected chi connectivity index (χ3v) is 11.2. The Balaban J connectivity index is 1.78. The van der Waals surface area contributed by atoms with Crippen LogP contribution in [-0.4, -0.2) is 66.0 Å². The molecule has 3 atom stereocenters. The van der Waals surface area contributed by atoms with E-state index in [1.54, 1.807) is 33.8 Å². The number of thioether (sulfide) groups is 1. The Hall–Kier alpha value is -2.61. The van der Waals surface area contributed by atoms with E-state index in [9.17, 15) is 9.59 Å². The van der Waals surface area contributed by atoms with Crippen molar-refractivity contribution < 1.29 is 32.6 Å². The SMILES string of the molecule is COC(=O)[C@]12C[C@H]1[C@@](C)(c1cc(/C=C(\F)c3ccc(Br)cn3)ccc1F)N=C(N(COCC[Si](C)(C)C)C(=O)OC(C)(C)C)S2. The zero-order valence-corrected chi connectivity index (χ0v) is 30.3. The summed E-state index contributed by atoms with van der Waals surface area (Å²) in [6.45, 7) is 13.9. The van der Waals surface area contributed by atoms with E-state index in [0.717, 1.165) is 17.8 Å². The van der Waals surface area contributed by atoms with E-state index >= 15 is 8.78 Å². The first-order valence-electron chi connectivity index (χ1n) is 14.6. The zero-order valence-electron chi connectivity index (χ0n) is 26.9. The number of aromatic nitrogens is 1. The van der Waals surface area contributed by atoms with Crippen LogP contribution in [0.25, 0.3) is 11.9 Å². The van der Waals surface area contributed by atoms with Crippen molar-refractivity contribution in [3.05, 3.63) is 63.6 Å². The number of carbonyl (C=O) groups is 2. The summed E-state index contributed by atoms with van der Waals surface area (Å²) in [5, 5.41) is 0.157.